The second-order valence-corrected chi connectivity index (χ2v) is 11.1. The van der Waals surface area contributed by atoms with Crippen molar-refractivity contribution < 1.29 is 27.5 Å². The van der Waals surface area contributed by atoms with E-state index in [2.05, 4.69) is 15.0 Å². The van der Waals surface area contributed by atoms with E-state index in [0.29, 0.717) is 36.6 Å². The summed E-state index contributed by atoms with van der Waals surface area (Å²) in [6.45, 7) is 0.812. The van der Waals surface area contributed by atoms with Crippen molar-refractivity contribution in [1.82, 2.24) is 14.6 Å². The highest BCUT2D eigenvalue weighted by Gasteiger charge is 2.33. The Morgan fingerprint density at radius 1 is 1.19 bits per heavy atom. The van der Waals surface area contributed by atoms with Crippen LogP contribution in [-0.4, -0.2) is 62.8 Å². The normalized spacial score (nSPS) is 17.6. The molecule has 0 saturated carbocycles. The number of rotatable bonds is 8. The number of sulfonamides is 1. The highest BCUT2D eigenvalue weighted by Crippen LogP contribution is 2.33. The predicted octanol–water partition coefficient (Wildman–Crippen LogP) is 3.15. The molecule has 3 heterocycles. The molecule has 36 heavy (non-hydrogen) atoms. The molecule has 1 saturated heterocycles. The van der Waals surface area contributed by atoms with E-state index in [1.807, 2.05) is 30.3 Å². The van der Waals surface area contributed by atoms with Gasteiger partial charge in [0.1, 0.15) is 5.75 Å². The quantitative estimate of drug-likeness (QED) is 0.427. The maximum Gasteiger partial charge on any atom is 0.410 e. The van der Waals surface area contributed by atoms with Gasteiger partial charge in [-0.25, -0.2) is 22.9 Å². The highest BCUT2D eigenvalue weighted by molar-refractivity contribution is 8.00. The Morgan fingerprint density at radius 3 is 2.89 bits per heavy atom. The summed E-state index contributed by atoms with van der Waals surface area (Å²) in [5.74, 6) is 0.886. The van der Waals surface area contributed by atoms with Crippen molar-refractivity contribution >= 4 is 50.4 Å². The van der Waals surface area contributed by atoms with E-state index in [4.69, 9.17) is 9.47 Å². The van der Waals surface area contributed by atoms with Gasteiger partial charge < -0.3 is 19.7 Å². The number of anilines is 1. The Balaban J connectivity index is 1.15. The van der Waals surface area contributed by atoms with Gasteiger partial charge in [0.2, 0.25) is 15.9 Å². The van der Waals surface area contributed by atoms with Crippen LogP contribution in [-0.2, 0) is 19.6 Å². The van der Waals surface area contributed by atoms with Crippen LogP contribution in [0.25, 0.3) is 10.9 Å². The molecule has 12 heteroatoms. The summed E-state index contributed by atoms with van der Waals surface area (Å²) in [5, 5.41) is 3.62. The number of hydrogen-bond acceptors (Lipinski definition) is 8. The van der Waals surface area contributed by atoms with Crippen molar-refractivity contribution in [3.8, 4) is 5.75 Å². The number of fused-ring (bicyclic) bond motifs is 2. The number of carbonyl (C=O) groups is 2. The average Bonchev–Trinajstić information content (AvgIpc) is 3.25. The maximum atomic E-state index is 12.7. The molecule has 0 radical (unpaired) electrons. The first-order chi connectivity index (χ1) is 17.3. The first-order valence-electron chi connectivity index (χ1n) is 11.3. The Hall–Kier alpha value is -3.35. The summed E-state index contributed by atoms with van der Waals surface area (Å²) in [6, 6.07) is 14.0. The zero-order valence-electron chi connectivity index (χ0n) is 19.4. The van der Waals surface area contributed by atoms with Crippen molar-refractivity contribution in [3.05, 3.63) is 54.2 Å². The second-order valence-electron chi connectivity index (χ2n) is 8.36. The van der Waals surface area contributed by atoms with Gasteiger partial charge in [-0.15, -0.1) is 11.8 Å². The van der Waals surface area contributed by atoms with Crippen LogP contribution >= 0.6 is 11.8 Å². The van der Waals surface area contributed by atoms with Crippen molar-refractivity contribution in [3.63, 3.8) is 0 Å². The lowest BCUT2D eigenvalue weighted by Gasteiger charge is -2.17. The SMILES string of the molecule is COc1ccc2nc([C@H]3CN(CCCNS(=O)(=O)c4ccc5c(c4)NC(=O)CS5)C(=O)O3)ccc2c1. The van der Waals surface area contributed by atoms with Crippen LogP contribution in [0.3, 0.4) is 0 Å². The third kappa shape index (κ3) is 5.11. The Morgan fingerprint density at radius 2 is 2.06 bits per heavy atom. The zero-order chi connectivity index (χ0) is 25.3. The molecule has 2 N–H and O–H groups in total. The molecule has 1 aromatic heterocycles. The molecule has 0 aliphatic carbocycles. The summed E-state index contributed by atoms with van der Waals surface area (Å²) < 4.78 is 38.7. The van der Waals surface area contributed by atoms with Crippen molar-refractivity contribution in [2.24, 2.45) is 0 Å². The summed E-state index contributed by atoms with van der Waals surface area (Å²) in [5.41, 5.74) is 1.92. The molecular formula is C24H24N4O6S2. The molecule has 2 amide bonds. The standard InChI is InChI=1S/C24H24N4O6S2/c1-33-16-4-7-18-15(11-16)3-6-19(26-18)21-13-28(24(30)34-21)10-2-9-25-36(31,32)17-5-8-22-20(12-17)27-23(29)14-35-22/h3-8,11-12,21,25H,2,9-10,13-14H2,1H3,(H,27,29)/t21-/m1/s1. The fourth-order valence-electron chi connectivity index (χ4n) is 4.06. The number of benzene rings is 2. The lowest BCUT2D eigenvalue weighted by atomic mass is 10.1. The average molecular weight is 529 g/mol. The maximum absolute atomic E-state index is 12.7. The van der Waals surface area contributed by atoms with Gasteiger partial charge in [-0.2, -0.15) is 0 Å². The van der Waals surface area contributed by atoms with Crippen LogP contribution in [0.1, 0.15) is 18.2 Å². The van der Waals surface area contributed by atoms with Gasteiger partial charge >= 0.3 is 6.09 Å². The largest absolute Gasteiger partial charge is 0.497 e. The van der Waals surface area contributed by atoms with Crippen LogP contribution < -0.4 is 14.8 Å². The topological polar surface area (TPSA) is 127 Å². The number of nitrogens with one attached hydrogen (secondary N) is 2. The summed E-state index contributed by atoms with van der Waals surface area (Å²) in [6.07, 6.45) is -0.546. The second kappa shape index (κ2) is 9.96. The highest BCUT2D eigenvalue weighted by atomic mass is 32.2. The number of aromatic nitrogens is 1. The molecule has 2 aliphatic rings. The van der Waals surface area contributed by atoms with E-state index in [1.165, 1.54) is 23.9 Å². The molecule has 2 aromatic carbocycles. The van der Waals surface area contributed by atoms with Crippen LogP contribution in [0.15, 0.2) is 58.3 Å². The number of amides is 2. The van der Waals surface area contributed by atoms with Crippen LogP contribution in [0.4, 0.5) is 10.5 Å². The number of nitrogens with zero attached hydrogens (tertiary/aromatic N) is 2. The molecule has 2 aliphatic heterocycles. The van der Waals surface area contributed by atoms with Gasteiger partial charge in [0.25, 0.3) is 0 Å². The van der Waals surface area contributed by atoms with E-state index in [-0.39, 0.29) is 17.3 Å². The smallest absolute Gasteiger partial charge is 0.410 e. The number of carbonyl (C=O) groups excluding carboxylic acids is 2. The molecule has 0 spiro atoms. The van der Waals surface area contributed by atoms with E-state index in [1.54, 1.807) is 18.1 Å². The Bertz CT molecular complexity index is 1450. The number of cyclic esters (lactones) is 1. The number of methoxy groups -OCH3 is 1. The number of thioether (sulfide) groups is 1. The molecule has 1 fully saturated rings. The lowest BCUT2D eigenvalue weighted by molar-refractivity contribution is -0.113. The molecule has 3 aromatic rings. The molecular weight excluding hydrogens is 504 g/mol. The van der Waals surface area contributed by atoms with Crippen molar-refractivity contribution in [2.75, 3.05) is 37.8 Å². The van der Waals surface area contributed by atoms with E-state index < -0.39 is 22.2 Å². The number of ether oxygens (including phenoxy) is 2. The van der Waals surface area contributed by atoms with Crippen LogP contribution in [0.2, 0.25) is 0 Å². The number of hydrogen-bond donors (Lipinski definition) is 2. The summed E-state index contributed by atoms with van der Waals surface area (Å²) in [7, 11) is -2.16. The van der Waals surface area contributed by atoms with Gasteiger partial charge in [0.15, 0.2) is 6.10 Å². The molecule has 5 rings (SSSR count). The van der Waals surface area contributed by atoms with E-state index in [9.17, 15) is 18.0 Å². The predicted molar refractivity (Wildman–Crippen MR) is 135 cm³/mol. The van der Waals surface area contributed by atoms with E-state index >= 15 is 0 Å². The minimum Gasteiger partial charge on any atom is -0.497 e. The number of pyridine rings is 1. The van der Waals surface area contributed by atoms with Crippen LogP contribution in [0.5, 0.6) is 5.75 Å². The first-order valence-corrected chi connectivity index (χ1v) is 13.8. The molecule has 0 bridgehead atoms. The van der Waals surface area contributed by atoms with Crippen molar-refractivity contribution in [2.45, 2.75) is 22.3 Å². The zero-order valence-corrected chi connectivity index (χ0v) is 21.0. The van der Waals surface area contributed by atoms with Gasteiger partial charge in [0, 0.05) is 23.4 Å². The Labute approximate surface area is 212 Å². The molecule has 188 valence electrons. The monoisotopic (exact) mass is 528 g/mol. The molecule has 1 atom stereocenters. The fraction of sp³-hybridized carbons (Fsp3) is 0.292. The van der Waals surface area contributed by atoms with Gasteiger partial charge in [0.05, 0.1) is 41.2 Å². The minimum atomic E-state index is -3.76. The first kappa shape index (κ1) is 24.3. The third-order valence-electron chi connectivity index (χ3n) is 5.93. The molecule has 0 unspecified atom stereocenters. The van der Waals surface area contributed by atoms with Crippen molar-refractivity contribution in [1.29, 1.82) is 0 Å². The van der Waals surface area contributed by atoms with Crippen LogP contribution in [0, 0.1) is 0 Å². The van der Waals surface area contributed by atoms with Gasteiger partial charge in [-0.05, 0) is 48.9 Å². The summed E-state index contributed by atoms with van der Waals surface area (Å²) in [4.78, 5) is 31.0. The van der Waals surface area contributed by atoms with Gasteiger partial charge in [-0.3, -0.25) is 4.79 Å². The minimum absolute atomic E-state index is 0.0738. The Kier molecular flexibility index (Phi) is 6.73. The van der Waals surface area contributed by atoms with E-state index in [0.717, 1.165) is 21.5 Å². The fourth-order valence-corrected chi connectivity index (χ4v) is 5.95. The summed E-state index contributed by atoms with van der Waals surface area (Å²) >= 11 is 1.37. The van der Waals surface area contributed by atoms with Gasteiger partial charge in [-0.1, -0.05) is 6.07 Å². The lowest BCUT2D eigenvalue weighted by Crippen LogP contribution is -2.30. The third-order valence-corrected chi connectivity index (χ3v) is 8.46. The molecule has 10 nitrogen and oxygen atoms in total.